The summed E-state index contributed by atoms with van der Waals surface area (Å²) in [7, 11) is 0. The van der Waals surface area contributed by atoms with Crippen molar-refractivity contribution in [2.24, 2.45) is 5.73 Å². The molecule has 0 radical (unpaired) electrons. The minimum atomic E-state index is -0.952. The van der Waals surface area contributed by atoms with Crippen LogP contribution in [-0.2, 0) is 9.59 Å². The van der Waals surface area contributed by atoms with Crippen molar-refractivity contribution in [1.29, 1.82) is 0 Å². The largest absolute Gasteiger partial charge is 0.480 e. The third-order valence-electron chi connectivity index (χ3n) is 1.72. The predicted molar refractivity (Wildman–Crippen MR) is 52.1 cm³/mol. The molecule has 0 unspecified atom stereocenters. The highest BCUT2D eigenvalue weighted by Crippen LogP contribution is 1.91. The van der Waals surface area contributed by atoms with Gasteiger partial charge in [-0.05, 0) is 6.54 Å². The number of carboxylic acids is 1. The maximum atomic E-state index is 11.0. The Morgan fingerprint density at radius 3 is 2.40 bits per heavy atom. The van der Waals surface area contributed by atoms with Gasteiger partial charge in [0, 0.05) is 13.0 Å². The number of nitrogens with one attached hydrogen (secondary N) is 1. The molecule has 0 aromatic carbocycles. The van der Waals surface area contributed by atoms with Crippen LogP contribution in [0.25, 0.3) is 0 Å². The number of amides is 3. The zero-order chi connectivity index (χ0) is 11.8. The number of carboxylic acid groups (broad SMARTS) is 1. The number of nitrogens with zero attached hydrogens (tertiary/aromatic N) is 1. The van der Waals surface area contributed by atoms with E-state index in [2.05, 4.69) is 0 Å². The van der Waals surface area contributed by atoms with E-state index >= 15 is 0 Å². The van der Waals surface area contributed by atoms with Gasteiger partial charge in [0.05, 0.1) is 6.54 Å². The van der Waals surface area contributed by atoms with Crippen LogP contribution in [0.1, 0.15) is 13.3 Å². The average molecular weight is 217 g/mol. The van der Waals surface area contributed by atoms with Gasteiger partial charge in [-0.1, -0.05) is 6.92 Å². The van der Waals surface area contributed by atoms with Crippen LogP contribution >= 0.6 is 0 Å². The summed E-state index contributed by atoms with van der Waals surface area (Å²) in [6.45, 7) is 2.47. The van der Waals surface area contributed by atoms with E-state index in [1.54, 1.807) is 11.8 Å². The highest BCUT2D eigenvalue weighted by atomic mass is 16.4. The molecule has 0 spiro atoms. The van der Waals surface area contributed by atoms with Crippen LogP contribution in [0, 0.1) is 0 Å². The Morgan fingerprint density at radius 2 is 2.00 bits per heavy atom. The molecule has 0 bridgehead atoms. The lowest BCUT2D eigenvalue weighted by Gasteiger charge is -2.16. The van der Waals surface area contributed by atoms with Crippen molar-refractivity contribution in [2.45, 2.75) is 13.3 Å². The second kappa shape index (κ2) is 6.77. The smallest absolute Gasteiger partial charge is 0.318 e. The third-order valence-corrected chi connectivity index (χ3v) is 1.72. The Balaban J connectivity index is 3.84. The molecule has 3 amide bonds. The Morgan fingerprint density at radius 1 is 1.40 bits per heavy atom. The van der Waals surface area contributed by atoms with Gasteiger partial charge in [-0.25, -0.2) is 4.79 Å². The van der Waals surface area contributed by atoms with Crippen molar-refractivity contribution in [2.75, 3.05) is 19.6 Å². The molecule has 0 aromatic rings. The molecule has 4 N–H and O–H groups in total. The van der Waals surface area contributed by atoms with E-state index in [1.807, 2.05) is 5.32 Å². The Hall–Kier alpha value is -1.63. The second-order valence-corrected chi connectivity index (χ2v) is 2.92. The molecule has 0 heterocycles. The molecule has 86 valence electrons. The van der Waals surface area contributed by atoms with Crippen molar-refractivity contribution < 1.29 is 19.5 Å². The molecule has 0 fully saturated rings. The van der Waals surface area contributed by atoms with Crippen LogP contribution in [0.3, 0.4) is 0 Å². The Bertz CT molecular complexity index is 254. The summed E-state index contributed by atoms with van der Waals surface area (Å²) in [5.74, 6) is -1.46. The quantitative estimate of drug-likeness (QED) is 0.527. The topological polar surface area (TPSA) is 113 Å². The van der Waals surface area contributed by atoms with E-state index in [4.69, 9.17) is 10.8 Å². The normalized spacial score (nSPS) is 10.0. The summed E-state index contributed by atoms with van der Waals surface area (Å²) in [6.07, 6.45) is 0.0457. The van der Waals surface area contributed by atoms with Gasteiger partial charge in [0.2, 0.25) is 5.91 Å². The molecule has 7 heteroatoms. The van der Waals surface area contributed by atoms with Crippen LogP contribution in [0.4, 0.5) is 4.79 Å². The van der Waals surface area contributed by atoms with Gasteiger partial charge in [0.15, 0.2) is 0 Å². The van der Waals surface area contributed by atoms with E-state index < -0.39 is 17.9 Å². The Kier molecular flexibility index (Phi) is 6.03. The highest BCUT2D eigenvalue weighted by molar-refractivity contribution is 5.93. The van der Waals surface area contributed by atoms with E-state index in [1.165, 1.54) is 0 Å². The van der Waals surface area contributed by atoms with Gasteiger partial charge in [0.25, 0.3) is 0 Å². The fourth-order valence-electron chi connectivity index (χ4n) is 1.000. The number of carbonyl (C=O) groups excluding carboxylic acids is 2. The molecule has 0 rings (SSSR count). The van der Waals surface area contributed by atoms with Crippen LogP contribution in [-0.4, -0.2) is 47.5 Å². The maximum absolute atomic E-state index is 11.0. The number of imide groups is 1. The number of urea groups is 1. The number of rotatable bonds is 6. The zero-order valence-electron chi connectivity index (χ0n) is 8.52. The molecule has 15 heavy (non-hydrogen) atoms. The molecule has 0 saturated carbocycles. The third kappa shape index (κ3) is 7.44. The molecule has 0 saturated heterocycles. The fraction of sp³-hybridized carbons (Fsp3) is 0.625. The summed E-state index contributed by atoms with van der Waals surface area (Å²) in [5.41, 5.74) is 4.73. The van der Waals surface area contributed by atoms with Gasteiger partial charge in [0.1, 0.15) is 0 Å². The van der Waals surface area contributed by atoms with Gasteiger partial charge < -0.3 is 10.8 Å². The first-order chi connectivity index (χ1) is 6.95. The molecular formula is C8H15N3O4. The predicted octanol–water partition coefficient (Wildman–Crippen LogP) is -1.02. The molecule has 0 aliphatic carbocycles. The number of nitrogens with two attached hydrogens (primary N) is 1. The van der Waals surface area contributed by atoms with Crippen molar-refractivity contribution >= 4 is 17.9 Å². The van der Waals surface area contributed by atoms with Crippen LogP contribution < -0.4 is 11.1 Å². The minimum Gasteiger partial charge on any atom is -0.480 e. The van der Waals surface area contributed by atoms with E-state index in [9.17, 15) is 14.4 Å². The van der Waals surface area contributed by atoms with Crippen LogP contribution in [0.5, 0.6) is 0 Å². The molecule has 0 aromatic heterocycles. The number of aliphatic carboxylic acids is 1. The van der Waals surface area contributed by atoms with Crippen molar-refractivity contribution in [1.82, 2.24) is 10.2 Å². The van der Waals surface area contributed by atoms with Crippen LogP contribution in [0.2, 0.25) is 0 Å². The molecule has 7 nitrogen and oxygen atoms in total. The maximum Gasteiger partial charge on any atom is 0.318 e. The van der Waals surface area contributed by atoms with Crippen molar-refractivity contribution in [3.8, 4) is 0 Å². The monoisotopic (exact) mass is 217 g/mol. The lowest BCUT2D eigenvalue weighted by Crippen LogP contribution is -2.38. The summed E-state index contributed by atoms with van der Waals surface area (Å²) in [5, 5.41) is 10.4. The standard InChI is InChI=1S/C8H15N3O4/c1-2-11(5-7(13)14)4-3-6(12)10-8(9)15/h2-5H2,1H3,(H,13,14)(H3,9,10,12,15). The first-order valence-corrected chi connectivity index (χ1v) is 4.49. The number of hydrogen-bond donors (Lipinski definition) is 3. The Labute approximate surface area is 87.2 Å². The second-order valence-electron chi connectivity index (χ2n) is 2.92. The van der Waals surface area contributed by atoms with Crippen molar-refractivity contribution in [3.05, 3.63) is 0 Å². The van der Waals surface area contributed by atoms with E-state index in [0.29, 0.717) is 6.54 Å². The highest BCUT2D eigenvalue weighted by Gasteiger charge is 2.10. The van der Waals surface area contributed by atoms with E-state index in [-0.39, 0.29) is 19.5 Å². The number of likely N-dealkylation sites (N-methyl/N-ethyl adjacent to an activating group) is 1. The molecule has 0 aliphatic rings. The SMILES string of the molecule is CCN(CCC(=O)NC(N)=O)CC(=O)O. The molecule has 0 aliphatic heterocycles. The van der Waals surface area contributed by atoms with Crippen LogP contribution in [0.15, 0.2) is 0 Å². The lowest BCUT2D eigenvalue weighted by atomic mass is 10.3. The van der Waals surface area contributed by atoms with Crippen molar-refractivity contribution in [3.63, 3.8) is 0 Å². The molecular weight excluding hydrogens is 202 g/mol. The summed E-state index contributed by atoms with van der Waals surface area (Å²) in [4.78, 5) is 33.2. The zero-order valence-corrected chi connectivity index (χ0v) is 8.52. The van der Waals surface area contributed by atoms with E-state index in [0.717, 1.165) is 0 Å². The fourth-order valence-corrected chi connectivity index (χ4v) is 1.000. The number of hydrogen-bond acceptors (Lipinski definition) is 4. The molecule has 0 atom stereocenters. The lowest BCUT2D eigenvalue weighted by molar-refractivity contribution is -0.138. The van der Waals surface area contributed by atoms with Gasteiger partial charge in [-0.15, -0.1) is 0 Å². The van der Waals surface area contributed by atoms with Gasteiger partial charge >= 0.3 is 12.0 Å². The van der Waals surface area contributed by atoms with Gasteiger partial charge in [-0.2, -0.15) is 0 Å². The summed E-state index contributed by atoms with van der Waals surface area (Å²) < 4.78 is 0. The average Bonchev–Trinajstić information content (AvgIpc) is 2.10. The number of carbonyl (C=O) groups is 3. The number of primary amides is 1. The minimum absolute atomic E-state index is 0.0457. The van der Waals surface area contributed by atoms with Gasteiger partial charge in [-0.3, -0.25) is 19.8 Å². The first-order valence-electron chi connectivity index (χ1n) is 4.49. The first kappa shape index (κ1) is 13.4. The summed E-state index contributed by atoms with van der Waals surface area (Å²) >= 11 is 0. The summed E-state index contributed by atoms with van der Waals surface area (Å²) in [6, 6.07) is -0.902.